The molecule has 0 spiro atoms. The lowest BCUT2D eigenvalue weighted by molar-refractivity contribution is -0.137. The van der Waals surface area contributed by atoms with Gasteiger partial charge in [0.05, 0.1) is 0 Å². The first-order valence-corrected chi connectivity index (χ1v) is 7.43. The number of hydrogen-bond donors (Lipinski definition) is 2. The van der Waals surface area contributed by atoms with Crippen molar-refractivity contribution in [3.63, 3.8) is 0 Å². The number of nitrogens with one attached hydrogen (secondary N) is 2. The van der Waals surface area contributed by atoms with E-state index in [1.165, 1.54) is 0 Å². The Hall–Kier alpha value is -1.85. The minimum atomic E-state index is -1.04. The van der Waals surface area contributed by atoms with Gasteiger partial charge in [0.25, 0.3) is 5.79 Å². The van der Waals surface area contributed by atoms with Crippen molar-refractivity contribution in [2.45, 2.75) is 72.3 Å². The molecule has 0 fully saturated rings. The molecule has 1 aliphatic rings. The van der Waals surface area contributed by atoms with Gasteiger partial charge >= 0.3 is 11.9 Å². The fraction of sp³-hybridized carbons (Fsp3) is 0.688. The maximum Gasteiger partial charge on any atom is 0.351 e. The van der Waals surface area contributed by atoms with Crippen molar-refractivity contribution in [3.05, 3.63) is 5.56 Å². The lowest BCUT2D eigenvalue weighted by Gasteiger charge is -2.29. The Balaban J connectivity index is 2.53. The van der Waals surface area contributed by atoms with Gasteiger partial charge in [0.15, 0.2) is 5.56 Å². The van der Waals surface area contributed by atoms with Crippen molar-refractivity contribution in [1.29, 1.82) is 0 Å². The second-order valence-electron chi connectivity index (χ2n) is 8.11. The average molecular weight is 310 g/mol. The van der Waals surface area contributed by atoms with E-state index in [9.17, 15) is 4.79 Å². The summed E-state index contributed by atoms with van der Waals surface area (Å²) < 4.78 is 16.7. The first-order valence-electron chi connectivity index (χ1n) is 7.43. The third-order valence-corrected chi connectivity index (χ3v) is 2.75. The number of furan rings is 1. The van der Waals surface area contributed by atoms with Crippen molar-refractivity contribution in [1.82, 2.24) is 0 Å². The van der Waals surface area contributed by atoms with Gasteiger partial charge in [0.2, 0.25) is 5.88 Å². The predicted octanol–water partition coefficient (Wildman–Crippen LogP) is 3.99. The number of rotatable bonds is 2. The van der Waals surface area contributed by atoms with E-state index in [0.717, 1.165) is 0 Å². The van der Waals surface area contributed by atoms with Crippen LogP contribution in [0.4, 0.5) is 11.6 Å². The highest BCUT2D eigenvalue weighted by atomic mass is 16.8. The molecule has 0 saturated carbocycles. The number of anilines is 2. The highest BCUT2D eigenvalue weighted by molar-refractivity contribution is 6.02. The first kappa shape index (κ1) is 16.5. The van der Waals surface area contributed by atoms with Gasteiger partial charge in [-0.15, -0.1) is 0 Å². The molecule has 2 heterocycles. The van der Waals surface area contributed by atoms with Crippen molar-refractivity contribution >= 4 is 17.5 Å². The lowest BCUT2D eigenvalue weighted by atomic mass is 10.1. The molecule has 0 atom stereocenters. The van der Waals surface area contributed by atoms with E-state index in [-0.39, 0.29) is 17.0 Å². The van der Waals surface area contributed by atoms with Crippen LogP contribution in [0.15, 0.2) is 4.42 Å². The molecule has 6 nitrogen and oxygen atoms in total. The normalized spacial score (nSPS) is 17.4. The maximum absolute atomic E-state index is 12.4. The van der Waals surface area contributed by atoms with E-state index in [1.807, 2.05) is 41.5 Å². The van der Waals surface area contributed by atoms with Crippen molar-refractivity contribution in [2.75, 3.05) is 10.6 Å². The van der Waals surface area contributed by atoms with Crippen LogP contribution in [0.1, 0.15) is 65.7 Å². The van der Waals surface area contributed by atoms with E-state index >= 15 is 0 Å². The van der Waals surface area contributed by atoms with Crippen LogP contribution in [0.2, 0.25) is 0 Å². The van der Waals surface area contributed by atoms with Gasteiger partial charge in [-0.3, -0.25) is 0 Å². The summed E-state index contributed by atoms with van der Waals surface area (Å²) in [6, 6.07) is 0. The average Bonchev–Trinajstić information content (AvgIpc) is 2.48. The van der Waals surface area contributed by atoms with Gasteiger partial charge in [-0.1, -0.05) is 0 Å². The number of ether oxygens (including phenoxy) is 2. The zero-order valence-electron chi connectivity index (χ0n) is 14.6. The lowest BCUT2D eigenvalue weighted by Crippen LogP contribution is -2.39. The standard InChI is InChI=1S/C16H26N2O4/c1-14(2,3)17-10-9-12(19)21-16(7,8)22-13(9)20-11(10)18-15(4,5)6/h17-18H,1-8H3. The van der Waals surface area contributed by atoms with Crippen LogP contribution < -0.4 is 15.4 Å². The van der Waals surface area contributed by atoms with Crippen LogP contribution in [0.25, 0.3) is 0 Å². The molecule has 2 rings (SSSR count). The van der Waals surface area contributed by atoms with Crippen LogP contribution in [-0.4, -0.2) is 22.8 Å². The third kappa shape index (κ3) is 3.67. The Labute approximate surface area is 131 Å². The van der Waals surface area contributed by atoms with Gasteiger partial charge in [0.1, 0.15) is 5.69 Å². The number of esters is 1. The molecule has 2 N–H and O–H groups in total. The quantitative estimate of drug-likeness (QED) is 0.805. The van der Waals surface area contributed by atoms with E-state index in [0.29, 0.717) is 17.1 Å². The highest BCUT2D eigenvalue weighted by Gasteiger charge is 2.41. The van der Waals surface area contributed by atoms with Gasteiger partial charge in [-0.25, -0.2) is 4.79 Å². The smallest absolute Gasteiger partial charge is 0.351 e. The highest BCUT2D eigenvalue weighted by Crippen LogP contribution is 2.45. The van der Waals surface area contributed by atoms with Gasteiger partial charge in [-0.05, 0) is 41.5 Å². The summed E-state index contributed by atoms with van der Waals surface area (Å²) in [4.78, 5) is 12.4. The van der Waals surface area contributed by atoms with Gasteiger partial charge in [0, 0.05) is 24.9 Å². The van der Waals surface area contributed by atoms with Gasteiger partial charge < -0.3 is 24.5 Å². The second-order valence-corrected chi connectivity index (χ2v) is 8.11. The van der Waals surface area contributed by atoms with Crippen LogP contribution in [0.3, 0.4) is 0 Å². The SMILES string of the molecule is CC(C)(C)Nc1oc2c(c1NC(C)(C)C)C(=O)OC(C)(C)O2. The number of carbonyl (C=O) groups is 1. The van der Waals surface area contributed by atoms with E-state index in [2.05, 4.69) is 10.6 Å². The number of fused-ring (bicyclic) bond motifs is 1. The molecule has 0 radical (unpaired) electrons. The fourth-order valence-corrected chi connectivity index (χ4v) is 2.11. The van der Waals surface area contributed by atoms with E-state index in [1.54, 1.807) is 13.8 Å². The Bertz CT molecular complexity index is 589. The largest absolute Gasteiger partial charge is 0.422 e. The Morgan fingerprint density at radius 3 is 1.95 bits per heavy atom. The molecule has 0 saturated heterocycles. The fourth-order valence-electron chi connectivity index (χ4n) is 2.11. The molecule has 1 aromatic rings. The monoisotopic (exact) mass is 310 g/mol. The van der Waals surface area contributed by atoms with Crippen LogP contribution in [0.5, 0.6) is 5.95 Å². The Kier molecular flexibility index (Phi) is 3.62. The summed E-state index contributed by atoms with van der Waals surface area (Å²) >= 11 is 0. The number of carbonyl (C=O) groups excluding carboxylic acids is 1. The second kappa shape index (κ2) is 4.83. The number of cyclic esters (lactones) is 1. The Morgan fingerprint density at radius 2 is 1.45 bits per heavy atom. The van der Waals surface area contributed by atoms with E-state index < -0.39 is 11.8 Å². The molecule has 0 amide bonds. The molecule has 1 aromatic heterocycles. The molecule has 0 bridgehead atoms. The maximum atomic E-state index is 12.4. The van der Waals surface area contributed by atoms with Crippen molar-refractivity contribution < 1.29 is 18.7 Å². The zero-order valence-corrected chi connectivity index (χ0v) is 14.6. The minimum Gasteiger partial charge on any atom is -0.422 e. The van der Waals surface area contributed by atoms with Crippen LogP contribution in [-0.2, 0) is 4.74 Å². The molecule has 0 unspecified atom stereocenters. The molecule has 22 heavy (non-hydrogen) atoms. The topological polar surface area (TPSA) is 72.7 Å². The van der Waals surface area contributed by atoms with E-state index in [4.69, 9.17) is 13.9 Å². The minimum absolute atomic E-state index is 0.180. The zero-order chi connectivity index (χ0) is 16.9. The predicted molar refractivity (Wildman–Crippen MR) is 85.6 cm³/mol. The molecule has 124 valence electrons. The summed E-state index contributed by atoms with van der Waals surface area (Å²) in [5, 5.41) is 6.56. The summed E-state index contributed by atoms with van der Waals surface area (Å²) in [6.07, 6.45) is 0. The van der Waals surface area contributed by atoms with Crippen molar-refractivity contribution in [3.8, 4) is 5.95 Å². The first-order chi connectivity index (χ1) is 9.77. The third-order valence-electron chi connectivity index (χ3n) is 2.75. The summed E-state index contributed by atoms with van der Waals surface area (Å²) in [6.45, 7) is 15.4. The summed E-state index contributed by atoms with van der Waals surface area (Å²) in [7, 11) is 0. The Morgan fingerprint density at radius 1 is 0.909 bits per heavy atom. The van der Waals surface area contributed by atoms with Gasteiger partial charge in [-0.2, -0.15) is 0 Å². The molecule has 1 aliphatic heterocycles. The molecule has 0 aliphatic carbocycles. The number of hydrogen-bond acceptors (Lipinski definition) is 6. The van der Waals surface area contributed by atoms with Crippen LogP contribution in [0, 0.1) is 0 Å². The summed E-state index contributed by atoms with van der Waals surface area (Å²) in [5.41, 5.74) is 0.381. The molecular formula is C16H26N2O4. The molecular weight excluding hydrogens is 284 g/mol. The van der Waals surface area contributed by atoms with Crippen LogP contribution >= 0.6 is 0 Å². The summed E-state index contributed by atoms with van der Waals surface area (Å²) in [5.74, 6) is -0.842. The molecule has 6 heteroatoms. The van der Waals surface area contributed by atoms with Crippen molar-refractivity contribution in [2.24, 2.45) is 0 Å². The molecule has 0 aromatic carbocycles.